The lowest BCUT2D eigenvalue weighted by molar-refractivity contribution is -0.141. The first-order valence-electron chi connectivity index (χ1n) is 7.14. The Balaban J connectivity index is 1.80. The Morgan fingerprint density at radius 1 is 1.52 bits per heavy atom. The van der Waals surface area contributed by atoms with Crippen LogP contribution < -0.4 is 5.32 Å². The van der Waals surface area contributed by atoms with Gasteiger partial charge in [-0.1, -0.05) is 12.1 Å². The number of rotatable bonds is 6. The normalized spacial score (nSPS) is 22.0. The molecule has 2 unspecified atom stereocenters. The molecule has 0 radical (unpaired) electrons. The molecular weight excluding hydrogens is 276 g/mol. The molecule has 0 aromatic carbocycles. The van der Waals surface area contributed by atoms with Crippen LogP contribution in [0.25, 0.3) is 0 Å². The summed E-state index contributed by atoms with van der Waals surface area (Å²) in [5.41, 5.74) is 0.824. The summed E-state index contributed by atoms with van der Waals surface area (Å²) in [5, 5.41) is 15.5. The van der Waals surface area contributed by atoms with Crippen molar-refractivity contribution >= 4 is 11.9 Å². The van der Waals surface area contributed by atoms with Crippen LogP contribution in [0.5, 0.6) is 0 Å². The van der Waals surface area contributed by atoms with E-state index in [0.29, 0.717) is 25.2 Å². The zero-order chi connectivity index (χ0) is 15.2. The molecule has 0 spiro atoms. The fourth-order valence-corrected chi connectivity index (χ4v) is 2.39. The number of amides is 1. The first-order chi connectivity index (χ1) is 10.1. The van der Waals surface area contributed by atoms with Crippen molar-refractivity contribution in [1.29, 1.82) is 0 Å². The van der Waals surface area contributed by atoms with Gasteiger partial charge in [0.25, 0.3) is 0 Å². The number of hydrogen-bond donors (Lipinski definition) is 2. The highest BCUT2D eigenvalue weighted by Gasteiger charge is 2.25. The number of carbonyl (C=O) groups is 2. The number of nitrogens with zero attached hydrogens (tertiary/aromatic N) is 1. The van der Waals surface area contributed by atoms with Crippen LogP contribution in [0.1, 0.15) is 37.6 Å². The zero-order valence-corrected chi connectivity index (χ0v) is 12.0. The Morgan fingerprint density at radius 3 is 3.00 bits per heavy atom. The van der Waals surface area contributed by atoms with Crippen molar-refractivity contribution in [3.63, 3.8) is 0 Å². The fourth-order valence-electron chi connectivity index (χ4n) is 2.39. The smallest absolute Gasteiger partial charge is 0.305 e. The van der Waals surface area contributed by atoms with Gasteiger partial charge in [-0.15, -0.1) is 0 Å². The lowest BCUT2D eigenvalue weighted by Crippen LogP contribution is -2.43. The van der Waals surface area contributed by atoms with Crippen LogP contribution in [0.4, 0.5) is 0 Å². The molecule has 1 aliphatic heterocycles. The highest BCUT2D eigenvalue weighted by atomic mass is 16.5. The minimum absolute atomic E-state index is 0.0334. The summed E-state index contributed by atoms with van der Waals surface area (Å²) in [6, 6.07) is 1.72. The summed E-state index contributed by atoms with van der Waals surface area (Å²) in [5.74, 6) is -0.492. The third-order valence-electron chi connectivity index (χ3n) is 3.44. The maximum Gasteiger partial charge on any atom is 0.305 e. The number of hydrogen-bond acceptors (Lipinski definition) is 5. The molecule has 21 heavy (non-hydrogen) atoms. The fraction of sp³-hybridized carbons (Fsp3) is 0.643. The van der Waals surface area contributed by atoms with Crippen LogP contribution in [0.2, 0.25) is 0 Å². The molecule has 2 N–H and O–H groups in total. The summed E-state index contributed by atoms with van der Waals surface area (Å²) >= 11 is 0. The predicted octanol–water partition coefficient (Wildman–Crippen LogP) is 0.918. The second kappa shape index (κ2) is 7.21. The molecule has 0 saturated carbocycles. The molecule has 2 atom stereocenters. The number of carboxylic acids is 1. The third-order valence-corrected chi connectivity index (χ3v) is 3.44. The van der Waals surface area contributed by atoms with Gasteiger partial charge in [0.2, 0.25) is 5.91 Å². The van der Waals surface area contributed by atoms with Crippen LogP contribution in [0, 0.1) is 0 Å². The summed E-state index contributed by atoms with van der Waals surface area (Å²) in [4.78, 5) is 22.6. The molecule has 116 valence electrons. The monoisotopic (exact) mass is 296 g/mol. The molecule has 7 heteroatoms. The van der Waals surface area contributed by atoms with Crippen molar-refractivity contribution in [2.75, 3.05) is 6.61 Å². The molecule has 7 nitrogen and oxygen atoms in total. The van der Waals surface area contributed by atoms with E-state index in [4.69, 9.17) is 14.4 Å². The number of ether oxygens (including phenoxy) is 1. The minimum Gasteiger partial charge on any atom is -0.481 e. The van der Waals surface area contributed by atoms with Crippen molar-refractivity contribution in [2.24, 2.45) is 0 Å². The Hall–Kier alpha value is -1.89. The van der Waals surface area contributed by atoms with E-state index in [0.717, 1.165) is 12.1 Å². The average Bonchev–Trinajstić information content (AvgIpc) is 2.85. The maximum atomic E-state index is 12.0. The van der Waals surface area contributed by atoms with E-state index in [1.807, 2.05) is 6.92 Å². The van der Waals surface area contributed by atoms with E-state index >= 15 is 0 Å². The van der Waals surface area contributed by atoms with Gasteiger partial charge in [0.05, 0.1) is 24.6 Å². The van der Waals surface area contributed by atoms with E-state index in [2.05, 4.69) is 10.5 Å². The topological polar surface area (TPSA) is 102 Å². The Labute approximate surface area is 122 Å². The first kappa shape index (κ1) is 15.5. The SMILES string of the molecule is CCc1cc(CC(=O)NC2CCOC(CC(=O)O)C2)on1. The van der Waals surface area contributed by atoms with E-state index in [1.165, 1.54) is 0 Å². The number of aromatic nitrogens is 1. The second-order valence-electron chi connectivity index (χ2n) is 5.19. The first-order valence-corrected chi connectivity index (χ1v) is 7.14. The molecule has 1 aliphatic rings. The molecular formula is C14H20N2O5. The number of nitrogens with one attached hydrogen (secondary N) is 1. The van der Waals surface area contributed by atoms with Crippen LogP contribution in [-0.2, 0) is 27.2 Å². The number of carbonyl (C=O) groups excluding carboxylic acids is 1. The second-order valence-corrected chi connectivity index (χ2v) is 5.19. The van der Waals surface area contributed by atoms with Crippen LogP contribution >= 0.6 is 0 Å². The van der Waals surface area contributed by atoms with Gasteiger partial charge in [0, 0.05) is 18.7 Å². The van der Waals surface area contributed by atoms with Crippen molar-refractivity contribution in [2.45, 2.75) is 51.2 Å². The maximum absolute atomic E-state index is 12.0. The molecule has 1 fully saturated rings. The number of aryl methyl sites for hydroxylation is 1. The number of aliphatic carboxylic acids is 1. The highest BCUT2D eigenvalue weighted by Crippen LogP contribution is 2.17. The lowest BCUT2D eigenvalue weighted by Gasteiger charge is -2.29. The Morgan fingerprint density at radius 2 is 2.33 bits per heavy atom. The summed E-state index contributed by atoms with van der Waals surface area (Å²) < 4.78 is 10.5. The molecule has 1 aromatic rings. The molecule has 1 saturated heterocycles. The summed E-state index contributed by atoms with van der Waals surface area (Å²) in [6.07, 6.45) is 1.76. The highest BCUT2D eigenvalue weighted by molar-refractivity contribution is 5.78. The van der Waals surface area contributed by atoms with Crippen LogP contribution in [-0.4, -0.2) is 40.9 Å². The quantitative estimate of drug-likeness (QED) is 0.809. The summed E-state index contributed by atoms with van der Waals surface area (Å²) in [6.45, 7) is 2.43. The molecule has 1 amide bonds. The number of carboxylic acid groups (broad SMARTS) is 1. The van der Waals surface area contributed by atoms with Gasteiger partial charge in [0.15, 0.2) is 0 Å². The van der Waals surface area contributed by atoms with E-state index in [-0.39, 0.29) is 30.9 Å². The van der Waals surface area contributed by atoms with Crippen molar-refractivity contribution in [3.8, 4) is 0 Å². The van der Waals surface area contributed by atoms with Gasteiger partial charge in [0.1, 0.15) is 5.76 Å². The molecule has 1 aromatic heterocycles. The molecule has 2 rings (SSSR count). The predicted molar refractivity (Wildman–Crippen MR) is 72.7 cm³/mol. The van der Waals surface area contributed by atoms with Crippen LogP contribution in [0.15, 0.2) is 10.6 Å². The summed E-state index contributed by atoms with van der Waals surface area (Å²) in [7, 11) is 0. The van der Waals surface area contributed by atoms with Gasteiger partial charge in [-0.2, -0.15) is 0 Å². The van der Waals surface area contributed by atoms with Gasteiger partial charge in [-0.05, 0) is 19.3 Å². The molecule has 2 heterocycles. The van der Waals surface area contributed by atoms with E-state index < -0.39 is 5.97 Å². The van der Waals surface area contributed by atoms with E-state index in [9.17, 15) is 9.59 Å². The Kier molecular flexibility index (Phi) is 5.32. The molecule has 0 aliphatic carbocycles. The third kappa shape index (κ3) is 4.86. The minimum atomic E-state index is -0.888. The largest absolute Gasteiger partial charge is 0.481 e. The molecule has 0 bridgehead atoms. The van der Waals surface area contributed by atoms with Gasteiger partial charge in [-0.3, -0.25) is 9.59 Å². The zero-order valence-electron chi connectivity index (χ0n) is 12.0. The van der Waals surface area contributed by atoms with Gasteiger partial charge >= 0.3 is 5.97 Å². The standard InChI is InChI=1S/C14H20N2O5/c1-2-9-5-12(21-16-9)7-13(17)15-10-3-4-20-11(6-10)8-14(18)19/h5,10-11H,2-4,6-8H2,1H3,(H,15,17)(H,18,19). The van der Waals surface area contributed by atoms with Crippen molar-refractivity contribution in [1.82, 2.24) is 10.5 Å². The van der Waals surface area contributed by atoms with Crippen molar-refractivity contribution in [3.05, 3.63) is 17.5 Å². The van der Waals surface area contributed by atoms with Gasteiger partial charge in [-0.25, -0.2) is 0 Å². The van der Waals surface area contributed by atoms with Gasteiger partial charge < -0.3 is 19.7 Å². The van der Waals surface area contributed by atoms with Crippen LogP contribution in [0.3, 0.4) is 0 Å². The average molecular weight is 296 g/mol. The lowest BCUT2D eigenvalue weighted by atomic mass is 10.0. The van der Waals surface area contributed by atoms with E-state index in [1.54, 1.807) is 6.07 Å². The Bertz CT molecular complexity index is 499. The van der Waals surface area contributed by atoms with Crippen molar-refractivity contribution < 1.29 is 24.0 Å².